The van der Waals surface area contributed by atoms with Crippen molar-refractivity contribution >= 4 is 44.0 Å². The highest BCUT2D eigenvalue weighted by atomic mass is 79.9. The van der Waals surface area contributed by atoms with Crippen LogP contribution in [-0.4, -0.2) is 16.7 Å². The normalized spacial score (nSPS) is 11.0. The van der Waals surface area contributed by atoms with Crippen LogP contribution < -0.4 is 10.2 Å². The van der Waals surface area contributed by atoms with Crippen LogP contribution in [0.2, 0.25) is 0 Å². The van der Waals surface area contributed by atoms with Crippen LogP contribution in [0, 0.1) is 0 Å². The minimum Gasteiger partial charge on any atom is -0.487 e. The van der Waals surface area contributed by atoms with Gasteiger partial charge in [0.05, 0.1) is 26.5 Å². The lowest BCUT2D eigenvalue weighted by atomic mass is 10.1. The van der Waals surface area contributed by atoms with Gasteiger partial charge in [0.1, 0.15) is 12.4 Å². The Bertz CT molecular complexity index is 1820. The summed E-state index contributed by atoms with van der Waals surface area (Å²) < 4.78 is 9.77. The molecule has 0 saturated carbocycles. The molecular formula is C37H27Br2N3O2. The van der Waals surface area contributed by atoms with Crippen molar-refractivity contribution in [2.45, 2.75) is 6.61 Å². The minimum absolute atomic E-state index is 0.298. The van der Waals surface area contributed by atoms with E-state index in [9.17, 15) is 4.79 Å². The van der Waals surface area contributed by atoms with E-state index in [0.29, 0.717) is 17.9 Å². The van der Waals surface area contributed by atoms with Crippen molar-refractivity contribution in [3.8, 4) is 34.0 Å². The lowest BCUT2D eigenvalue weighted by Crippen LogP contribution is -2.17. The maximum atomic E-state index is 12.9. The monoisotopic (exact) mass is 703 g/mol. The van der Waals surface area contributed by atoms with E-state index < -0.39 is 0 Å². The summed E-state index contributed by atoms with van der Waals surface area (Å²) in [6.07, 6.45) is 1.60. The van der Waals surface area contributed by atoms with Crippen molar-refractivity contribution in [1.29, 1.82) is 0 Å². The first-order valence-electron chi connectivity index (χ1n) is 14.0. The fraction of sp³-hybridized carbons (Fsp3) is 0.0270. The third kappa shape index (κ3) is 6.75. The molecule has 0 aliphatic rings. The van der Waals surface area contributed by atoms with Crippen molar-refractivity contribution in [3.05, 3.63) is 165 Å². The average Bonchev–Trinajstić information content (AvgIpc) is 3.51. The van der Waals surface area contributed by atoms with E-state index in [1.54, 1.807) is 6.21 Å². The zero-order valence-electron chi connectivity index (χ0n) is 23.5. The number of rotatable bonds is 9. The van der Waals surface area contributed by atoms with E-state index in [2.05, 4.69) is 83.4 Å². The number of hydrogen-bond donors (Lipinski definition) is 1. The highest BCUT2D eigenvalue weighted by Gasteiger charge is 2.15. The smallest absolute Gasteiger partial charge is 0.271 e. The molecule has 0 atom stereocenters. The van der Waals surface area contributed by atoms with Crippen LogP contribution >= 0.6 is 31.9 Å². The van der Waals surface area contributed by atoms with E-state index in [1.807, 2.05) is 103 Å². The molecule has 44 heavy (non-hydrogen) atoms. The molecule has 7 heteroatoms. The van der Waals surface area contributed by atoms with Crippen LogP contribution in [0.1, 0.15) is 21.5 Å². The van der Waals surface area contributed by atoms with Crippen molar-refractivity contribution in [3.63, 3.8) is 0 Å². The Hall–Kier alpha value is -4.72. The SMILES string of the molecule is O=C(N/N=C\c1cc(Br)c(OCc2ccccc2)c(Br)c1)c1ccc(-n2c(-c3ccccc3)ccc2-c2ccccc2)cc1. The Kier molecular flexibility index (Phi) is 9.15. The second kappa shape index (κ2) is 13.7. The van der Waals surface area contributed by atoms with Crippen LogP contribution in [0.3, 0.4) is 0 Å². The molecular weight excluding hydrogens is 678 g/mol. The first kappa shape index (κ1) is 29.4. The summed E-state index contributed by atoms with van der Waals surface area (Å²) in [6, 6.07) is 46.1. The van der Waals surface area contributed by atoms with Gasteiger partial charge in [0.25, 0.3) is 5.91 Å². The molecule has 0 spiro atoms. The van der Waals surface area contributed by atoms with Crippen LogP contribution in [-0.2, 0) is 6.61 Å². The molecule has 6 rings (SSSR count). The second-order valence-corrected chi connectivity index (χ2v) is 11.7. The topological polar surface area (TPSA) is 55.6 Å². The van der Waals surface area contributed by atoms with E-state index in [1.165, 1.54) is 0 Å². The number of carbonyl (C=O) groups is 1. The van der Waals surface area contributed by atoms with Gasteiger partial charge in [0.2, 0.25) is 0 Å². The molecule has 1 N–H and O–H groups in total. The molecule has 0 aliphatic heterocycles. The molecule has 216 valence electrons. The van der Waals surface area contributed by atoms with Crippen molar-refractivity contribution in [2.75, 3.05) is 0 Å². The number of benzene rings is 5. The summed E-state index contributed by atoms with van der Waals surface area (Å²) in [6.45, 7) is 0.450. The summed E-state index contributed by atoms with van der Waals surface area (Å²) in [5.74, 6) is 0.400. The third-order valence-electron chi connectivity index (χ3n) is 7.03. The molecule has 0 unspecified atom stereocenters. The number of ether oxygens (including phenoxy) is 1. The Morgan fingerprint density at radius 2 is 1.23 bits per heavy atom. The van der Waals surface area contributed by atoms with Crippen LogP contribution in [0.5, 0.6) is 5.75 Å². The fourth-order valence-corrected chi connectivity index (χ4v) is 6.35. The number of carbonyl (C=O) groups excluding carboxylic acids is 1. The summed E-state index contributed by atoms with van der Waals surface area (Å²) in [5.41, 5.74) is 10.3. The molecule has 5 aromatic carbocycles. The molecule has 6 aromatic rings. The molecule has 0 saturated heterocycles. The van der Waals surface area contributed by atoms with Crippen LogP contribution in [0.25, 0.3) is 28.2 Å². The molecule has 1 aromatic heterocycles. The third-order valence-corrected chi connectivity index (χ3v) is 8.21. The number of hydrogen-bond acceptors (Lipinski definition) is 3. The Morgan fingerprint density at radius 1 is 0.705 bits per heavy atom. The van der Waals surface area contributed by atoms with Gasteiger partial charge in [0, 0.05) is 11.3 Å². The molecule has 0 fully saturated rings. The van der Waals surface area contributed by atoms with Gasteiger partial charge >= 0.3 is 0 Å². The first-order valence-corrected chi connectivity index (χ1v) is 15.6. The highest BCUT2D eigenvalue weighted by Crippen LogP contribution is 2.35. The Labute approximate surface area is 273 Å². The number of hydrazone groups is 1. The molecule has 5 nitrogen and oxygen atoms in total. The molecule has 1 heterocycles. The standard InChI is InChI=1S/C37H27Br2N3O2/c38-32-22-27(23-33(39)36(32)44-25-26-10-4-1-5-11-26)24-40-41-37(43)30-16-18-31(19-17-30)42-34(28-12-6-2-7-13-28)20-21-35(42)29-14-8-3-9-15-29/h1-24H,25H2,(H,41,43)/b40-24-. The van der Waals surface area contributed by atoms with Gasteiger partial charge in [-0.05, 0) is 103 Å². The molecule has 0 radical (unpaired) electrons. The number of amides is 1. The second-order valence-electron chi connectivity index (χ2n) is 10.0. The van der Waals surface area contributed by atoms with Crippen LogP contribution in [0.4, 0.5) is 0 Å². The predicted octanol–water partition coefficient (Wildman–Crippen LogP) is 9.68. The zero-order valence-corrected chi connectivity index (χ0v) is 26.7. The van der Waals surface area contributed by atoms with Gasteiger partial charge in [-0.2, -0.15) is 5.10 Å². The summed E-state index contributed by atoms with van der Waals surface area (Å²) in [5, 5.41) is 4.19. The summed E-state index contributed by atoms with van der Waals surface area (Å²) in [7, 11) is 0. The lowest BCUT2D eigenvalue weighted by molar-refractivity contribution is 0.0955. The van der Waals surface area contributed by atoms with Gasteiger partial charge in [-0.3, -0.25) is 4.79 Å². The lowest BCUT2D eigenvalue weighted by Gasteiger charge is -2.15. The highest BCUT2D eigenvalue weighted by molar-refractivity contribution is 9.11. The Balaban J connectivity index is 1.17. The number of nitrogens with zero attached hydrogens (tertiary/aromatic N) is 2. The Morgan fingerprint density at radius 3 is 1.77 bits per heavy atom. The number of nitrogens with one attached hydrogen (secondary N) is 1. The van der Waals surface area contributed by atoms with Gasteiger partial charge in [-0.1, -0.05) is 91.0 Å². The van der Waals surface area contributed by atoms with Gasteiger partial charge < -0.3 is 9.30 Å². The van der Waals surface area contributed by atoms with Crippen LogP contribution in [0.15, 0.2) is 154 Å². The van der Waals surface area contributed by atoms with Gasteiger partial charge in [-0.25, -0.2) is 5.43 Å². The van der Waals surface area contributed by atoms with E-state index in [0.717, 1.165) is 48.3 Å². The fourth-order valence-electron chi connectivity index (χ4n) is 4.90. The molecule has 1 amide bonds. The van der Waals surface area contributed by atoms with Gasteiger partial charge in [-0.15, -0.1) is 0 Å². The predicted molar refractivity (Wildman–Crippen MR) is 184 cm³/mol. The first-order chi connectivity index (χ1) is 21.6. The van der Waals surface area contributed by atoms with Crippen molar-refractivity contribution in [1.82, 2.24) is 9.99 Å². The minimum atomic E-state index is -0.298. The van der Waals surface area contributed by atoms with Crippen molar-refractivity contribution < 1.29 is 9.53 Å². The summed E-state index contributed by atoms with van der Waals surface area (Å²) >= 11 is 7.17. The average molecular weight is 705 g/mol. The van der Waals surface area contributed by atoms with E-state index in [4.69, 9.17) is 4.74 Å². The number of aromatic nitrogens is 1. The molecule has 0 bridgehead atoms. The van der Waals surface area contributed by atoms with Gasteiger partial charge in [0.15, 0.2) is 0 Å². The summed E-state index contributed by atoms with van der Waals surface area (Å²) in [4.78, 5) is 12.9. The van der Waals surface area contributed by atoms with E-state index in [-0.39, 0.29) is 5.91 Å². The quantitative estimate of drug-likeness (QED) is 0.120. The largest absolute Gasteiger partial charge is 0.487 e. The number of halogens is 2. The van der Waals surface area contributed by atoms with E-state index >= 15 is 0 Å². The molecule has 0 aliphatic carbocycles. The zero-order chi connectivity index (χ0) is 30.3. The maximum Gasteiger partial charge on any atom is 0.271 e. The van der Waals surface area contributed by atoms with Crippen molar-refractivity contribution in [2.24, 2.45) is 5.10 Å². The maximum absolute atomic E-state index is 12.9.